The van der Waals surface area contributed by atoms with E-state index in [1.165, 1.54) is 6.92 Å². The van der Waals surface area contributed by atoms with Crippen molar-refractivity contribution in [3.05, 3.63) is 71.8 Å². The lowest BCUT2D eigenvalue weighted by Gasteiger charge is -2.21. The topological polar surface area (TPSA) is 34.1 Å². The van der Waals surface area contributed by atoms with Gasteiger partial charge in [-0.3, -0.25) is 9.59 Å². The van der Waals surface area contributed by atoms with Gasteiger partial charge in [0.1, 0.15) is 5.78 Å². The van der Waals surface area contributed by atoms with Crippen LogP contribution in [0.5, 0.6) is 0 Å². The molecule has 2 nitrogen and oxygen atoms in total. The summed E-state index contributed by atoms with van der Waals surface area (Å²) in [7, 11) is 0. The first kappa shape index (κ1) is 14.2. The molecule has 0 saturated heterocycles. The Morgan fingerprint density at radius 2 is 1.35 bits per heavy atom. The second kappa shape index (κ2) is 6.29. The number of hydrogen-bond acceptors (Lipinski definition) is 2. The van der Waals surface area contributed by atoms with Gasteiger partial charge in [0.15, 0.2) is 5.78 Å². The van der Waals surface area contributed by atoms with Crippen LogP contribution < -0.4 is 0 Å². The number of carbonyl (C=O) groups is 2. The minimum atomic E-state index is -0.625. The predicted octanol–water partition coefficient (Wildman–Crippen LogP) is 3.88. The Bertz CT molecular complexity index is 587. The Labute approximate surface area is 119 Å². The Balaban J connectivity index is 2.33. The van der Waals surface area contributed by atoms with E-state index in [2.05, 4.69) is 0 Å². The molecule has 2 atom stereocenters. The minimum absolute atomic E-state index is 0.0878. The molecule has 0 aliphatic rings. The third-order valence-electron chi connectivity index (χ3n) is 3.60. The van der Waals surface area contributed by atoms with E-state index < -0.39 is 5.92 Å². The zero-order valence-corrected chi connectivity index (χ0v) is 11.7. The van der Waals surface area contributed by atoms with Gasteiger partial charge in [-0.15, -0.1) is 0 Å². The molecule has 0 aliphatic carbocycles. The molecule has 0 bridgehead atoms. The van der Waals surface area contributed by atoms with Gasteiger partial charge >= 0.3 is 0 Å². The summed E-state index contributed by atoms with van der Waals surface area (Å²) < 4.78 is 0. The predicted molar refractivity (Wildman–Crippen MR) is 79.8 cm³/mol. The molecule has 2 heteroatoms. The molecule has 0 amide bonds. The number of ketones is 2. The average Bonchev–Trinajstić information content (AvgIpc) is 2.48. The summed E-state index contributed by atoms with van der Waals surface area (Å²) in [4.78, 5) is 24.5. The highest BCUT2D eigenvalue weighted by Gasteiger charge is 2.30. The van der Waals surface area contributed by atoms with Crippen molar-refractivity contribution in [1.29, 1.82) is 0 Å². The van der Waals surface area contributed by atoms with E-state index >= 15 is 0 Å². The molecule has 0 heterocycles. The summed E-state index contributed by atoms with van der Waals surface area (Å²) in [5.41, 5.74) is 1.60. The van der Waals surface area contributed by atoms with Crippen LogP contribution in [0.1, 0.15) is 35.7 Å². The van der Waals surface area contributed by atoms with Crippen LogP contribution in [0.25, 0.3) is 0 Å². The van der Waals surface area contributed by atoms with Gasteiger partial charge in [-0.2, -0.15) is 0 Å². The fraction of sp³-hybridized carbons (Fsp3) is 0.222. The van der Waals surface area contributed by atoms with E-state index in [1.54, 1.807) is 12.1 Å². The van der Waals surface area contributed by atoms with Crippen LogP contribution in [0.15, 0.2) is 60.7 Å². The second-order valence-electron chi connectivity index (χ2n) is 5.02. The third kappa shape index (κ3) is 3.02. The Hall–Kier alpha value is -2.22. The van der Waals surface area contributed by atoms with E-state index in [4.69, 9.17) is 0 Å². The van der Waals surface area contributed by atoms with Crippen LogP contribution in [0, 0.1) is 5.92 Å². The fourth-order valence-electron chi connectivity index (χ4n) is 2.49. The van der Waals surface area contributed by atoms with Crippen LogP contribution in [0.2, 0.25) is 0 Å². The first-order chi connectivity index (χ1) is 9.61. The van der Waals surface area contributed by atoms with Gasteiger partial charge in [0.05, 0.1) is 5.92 Å². The standard InChI is InChI=1S/C18H18O2/c1-13(15-9-5-3-6-10-15)17(14(2)19)18(20)16-11-7-4-8-12-16/h3-13,17H,1-2H3. The molecule has 0 radical (unpaired) electrons. The summed E-state index contributed by atoms with van der Waals surface area (Å²) >= 11 is 0. The smallest absolute Gasteiger partial charge is 0.173 e. The van der Waals surface area contributed by atoms with Crippen molar-refractivity contribution < 1.29 is 9.59 Å². The van der Waals surface area contributed by atoms with Crippen molar-refractivity contribution >= 4 is 11.6 Å². The first-order valence-corrected chi connectivity index (χ1v) is 6.76. The van der Waals surface area contributed by atoms with Crippen molar-refractivity contribution in [2.24, 2.45) is 5.92 Å². The van der Waals surface area contributed by atoms with Crippen molar-refractivity contribution in [3.63, 3.8) is 0 Å². The second-order valence-corrected chi connectivity index (χ2v) is 5.02. The SMILES string of the molecule is CC(=O)C(C(=O)c1ccccc1)C(C)c1ccccc1. The normalized spacial score (nSPS) is 13.5. The van der Waals surface area contributed by atoms with Crippen molar-refractivity contribution in [2.45, 2.75) is 19.8 Å². The highest BCUT2D eigenvalue weighted by atomic mass is 16.1. The summed E-state index contributed by atoms with van der Waals surface area (Å²) in [5, 5.41) is 0. The number of carbonyl (C=O) groups excluding carboxylic acids is 2. The number of hydrogen-bond donors (Lipinski definition) is 0. The van der Waals surface area contributed by atoms with Gasteiger partial charge < -0.3 is 0 Å². The summed E-state index contributed by atoms with van der Waals surface area (Å²) in [5.74, 6) is -0.939. The maximum absolute atomic E-state index is 12.6. The average molecular weight is 266 g/mol. The maximum atomic E-state index is 12.6. The molecule has 0 aliphatic heterocycles. The van der Waals surface area contributed by atoms with E-state index in [0.29, 0.717) is 5.56 Å². The first-order valence-electron chi connectivity index (χ1n) is 6.76. The molecule has 0 aromatic heterocycles. The lowest BCUT2D eigenvalue weighted by Crippen LogP contribution is -2.27. The maximum Gasteiger partial charge on any atom is 0.173 e. The Morgan fingerprint density at radius 1 is 0.850 bits per heavy atom. The lowest BCUT2D eigenvalue weighted by molar-refractivity contribution is -0.119. The largest absolute Gasteiger partial charge is 0.299 e. The van der Waals surface area contributed by atoms with Crippen LogP contribution in [0.4, 0.5) is 0 Å². The number of rotatable bonds is 5. The minimum Gasteiger partial charge on any atom is -0.299 e. The Morgan fingerprint density at radius 3 is 1.85 bits per heavy atom. The molecular weight excluding hydrogens is 248 g/mol. The molecule has 0 fully saturated rings. The van der Waals surface area contributed by atoms with Gasteiger partial charge in [0.2, 0.25) is 0 Å². The van der Waals surface area contributed by atoms with Gasteiger partial charge in [-0.1, -0.05) is 67.6 Å². The third-order valence-corrected chi connectivity index (χ3v) is 3.60. The van der Waals surface area contributed by atoms with Crippen LogP contribution in [-0.2, 0) is 4.79 Å². The quantitative estimate of drug-likeness (QED) is 0.608. The van der Waals surface area contributed by atoms with E-state index in [0.717, 1.165) is 5.56 Å². The number of Topliss-reactive ketones (excluding diaryl/α,β-unsaturated/α-hetero) is 2. The van der Waals surface area contributed by atoms with Crippen LogP contribution in [0.3, 0.4) is 0 Å². The van der Waals surface area contributed by atoms with Crippen molar-refractivity contribution in [3.8, 4) is 0 Å². The van der Waals surface area contributed by atoms with Gasteiger partial charge in [0, 0.05) is 5.56 Å². The molecular formula is C18H18O2. The van der Waals surface area contributed by atoms with E-state index in [9.17, 15) is 9.59 Å². The fourth-order valence-corrected chi connectivity index (χ4v) is 2.49. The lowest BCUT2D eigenvalue weighted by atomic mass is 9.80. The number of benzene rings is 2. The van der Waals surface area contributed by atoms with E-state index in [-0.39, 0.29) is 17.5 Å². The highest BCUT2D eigenvalue weighted by molar-refractivity contribution is 6.10. The van der Waals surface area contributed by atoms with Crippen molar-refractivity contribution in [1.82, 2.24) is 0 Å². The molecule has 2 unspecified atom stereocenters. The zero-order chi connectivity index (χ0) is 14.5. The summed E-state index contributed by atoms with van der Waals surface area (Å²) in [6.45, 7) is 3.42. The molecule has 0 N–H and O–H groups in total. The summed E-state index contributed by atoms with van der Waals surface area (Å²) in [6.07, 6.45) is 0. The Kier molecular flexibility index (Phi) is 4.46. The molecule has 20 heavy (non-hydrogen) atoms. The van der Waals surface area contributed by atoms with Crippen molar-refractivity contribution in [2.75, 3.05) is 0 Å². The van der Waals surface area contributed by atoms with Gasteiger partial charge in [0.25, 0.3) is 0 Å². The molecule has 0 saturated carbocycles. The zero-order valence-electron chi connectivity index (χ0n) is 11.7. The molecule has 2 aromatic carbocycles. The molecule has 2 rings (SSSR count). The van der Waals surface area contributed by atoms with Gasteiger partial charge in [-0.25, -0.2) is 0 Å². The van der Waals surface area contributed by atoms with Crippen LogP contribution >= 0.6 is 0 Å². The molecule has 102 valence electrons. The highest BCUT2D eigenvalue weighted by Crippen LogP contribution is 2.28. The molecule has 2 aromatic rings. The van der Waals surface area contributed by atoms with Gasteiger partial charge in [-0.05, 0) is 18.4 Å². The molecule has 0 spiro atoms. The monoisotopic (exact) mass is 266 g/mol. The summed E-state index contributed by atoms with van der Waals surface area (Å²) in [6, 6.07) is 18.7. The van der Waals surface area contributed by atoms with Crippen LogP contribution in [-0.4, -0.2) is 11.6 Å². The van der Waals surface area contributed by atoms with E-state index in [1.807, 2.05) is 55.5 Å².